The van der Waals surface area contributed by atoms with Crippen molar-refractivity contribution in [1.29, 1.82) is 0 Å². The van der Waals surface area contributed by atoms with Gasteiger partial charge in [0.2, 0.25) is 0 Å². The fourth-order valence-corrected chi connectivity index (χ4v) is 2.49. The first-order valence-corrected chi connectivity index (χ1v) is 9.41. The molecule has 0 saturated heterocycles. The number of amides is 2. The van der Waals surface area contributed by atoms with Gasteiger partial charge in [-0.05, 0) is 44.0 Å². The van der Waals surface area contributed by atoms with Gasteiger partial charge < -0.3 is 19.9 Å². The van der Waals surface area contributed by atoms with E-state index in [2.05, 4.69) is 10.6 Å². The Labute approximate surface area is 175 Å². The van der Waals surface area contributed by atoms with Crippen LogP contribution in [0.15, 0.2) is 54.6 Å². The van der Waals surface area contributed by atoms with Crippen molar-refractivity contribution in [2.24, 2.45) is 0 Å². The van der Waals surface area contributed by atoms with Crippen molar-refractivity contribution in [3.05, 3.63) is 65.7 Å². The molecule has 0 aliphatic rings. The number of carbonyl (C=O) groups is 3. The van der Waals surface area contributed by atoms with Gasteiger partial charge in [-0.1, -0.05) is 42.5 Å². The molecule has 3 N–H and O–H groups in total. The van der Waals surface area contributed by atoms with Gasteiger partial charge in [-0.3, -0.25) is 5.32 Å². The van der Waals surface area contributed by atoms with Gasteiger partial charge in [0.1, 0.15) is 18.2 Å². The van der Waals surface area contributed by atoms with Crippen LogP contribution in [0.25, 0.3) is 0 Å². The molecule has 160 valence electrons. The number of aliphatic carboxylic acids is 1. The second-order valence-corrected chi connectivity index (χ2v) is 7.62. The molecule has 1 atom stereocenters. The van der Waals surface area contributed by atoms with Crippen LogP contribution in [0, 0.1) is 0 Å². The van der Waals surface area contributed by atoms with E-state index < -0.39 is 29.8 Å². The summed E-state index contributed by atoms with van der Waals surface area (Å²) in [5.74, 6) is -1.18. The van der Waals surface area contributed by atoms with Crippen molar-refractivity contribution < 1.29 is 29.0 Å². The van der Waals surface area contributed by atoms with Crippen LogP contribution in [-0.4, -0.2) is 34.9 Å². The van der Waals surface area contributed by atoms with Crippen LogP contribution in [0.3, 0.4) is 0 Å². The lowest BCUT2D eigenvalue weighted by Gasteiger charge is -2.19. The SMILES string of the molecule is CC(C)(C)OC(=O)Nc1ccc(C[C@H](NC(=O)OCc2ccccc2)C(=O)O)cc1. The van der Waals surface area contributed by atoms with Crippen molar-refractivity contribution in [1.82, 2.24) is 5.32 Å². The third-order valence-corrected chi connectivity index (χ3v) is 3.84. The van der Waals surface area contributed by atoms with E-state index in [1.54, 1.807) is 57.2 Å². The highest BCUT2D eigenvalue weighted by atomic mass is 16.6. The average molecular weight is 414 g/mol. The zero-order valence-electron chi connectivity index (χ0n) is 17.2. The fraction of sp³-hybridized carbons (Fsp3) is 0.318. The first-order chi connectivity index (χ1) is 14.1. The summed E-state index contributed by atoms with van der Waals surface area (Å²) in [4.78, 5) is 35.3. The van der Waals surface area contributed by atoms with Crippen molar-refractivity contribution in [2.75, 3.05) is 5.32 Å². The Hall–Kier alpha value is -3.55. The van der Waals surface area contributed by atoms with E-state index in [4.69, 9.17) is 9.47 Å². The minimum absolute atomic E-state index is 0.0457. The largest absolute Gasteiger partial charge is 0.480 e. The normalized spacial score (nSPS) is 11.8. The Morgan fingerprint density at radius 2 is 1.57 bits per heavy atom. The minimum atomic E-state index is -1.18. The first kappa shape index (κ1) is 22.7. The Bertz CT molecular complexity index is 859. The highest BCUT2D eigenvalue weighted by Gasteiger charge is 2.21. The molecule has 30 heavy (non-hydrogen) atoms. The number of anilines is 1. The molecule has 0 fully saturated rings. The van der Waals surface area contributed by atoms with E-state index in [-0.39, 0.29) is 13.0 Å². The van der Waals surface area contributed by atoms with E-state index in [9.17, 15) is 19.5 Å². The molecule has 2 aromatic carbocycles. The number of alkyl carbamates (subject to hydrolysis) is 1. The molecule has 8 nitrogen and oxygen atoms in total. The number of hydrogen-bond acceptors (Lipinski definition) is 5. The smallest absolute Gasteiger partial charge is 0.412 e. The number of ether oxygens (including phenoxy) is 2. The molecule has 8 heteroatoms. The average Bonchev–Trinajstić information content (AvgIpc) is 2.66. The van der Waals surface area contributed by atoms with Crippen LogP contribution in [0.5, 0.6) is 0 Å². The monoisotopic (exact) mass is 414 g/mol. The van der Waals surface area contributed by atoms with Crippen LogP contribution in [0.2, 0.25) is 0 Å². The molecule has 2 amide bonds. The highest BCUT2D eigenvalue weighted by Crippen LogP contribution is 2.14. The summed E-state index contributed by atoms with van der Waals surface area (Å²) in [6.07, 6.45) is -1.33. The van der Waals surface area contributed by atoms with Gasteiger partial charge in [0, 0.05) is 12.1 Å². The molecule has 0 aromatic heterocycles. The third-order valence-electron chi connectivity index (χ3n) is 3.84. The number of carboxylic acids is 1. The maximum atomic E-state index is 12.0. The first-order valence-electron chi connectivity index (χ1n) is 9.41. The predicted molar refractivity (Wildman–Crippen MR) is 111 cm³/mol. The summed E-state index contributed by atoms with van der Waals surface area (Å²) >= 11 is 0. The van der Waals surface area contributed by atoms with E-state index in [1.807, 2.05) is 18.2 Å². The Morgan fingerprint density at radius 1 is 0.933 bits per heavy atom. The maximum absolute atomic E-state index is 12.0. The molecule has 2 rings (SSSR count). The molecule has 0 bridgehead atoms. The van der Waals surface area contributed by atoms with Crippen molar-refractivity contribution in [3.63, 3.8) is 0 Å². The molecular weight excluding hydrogens is 388 g/mol. The van der Waals surface area contributed by atoms with Crippen molar-refractivity contribution in [2.45, 2.75) is 45.4 Å². The summed E-state index contributed by atoms with van der Waals surface area (Å²) in [5, 5.41) is 14.4. The molecule has 2 aromatic rings. The summed E-state index contributed by atoms with van der Waals surface area (Å²) < 4.78 is 10.3. The zero-order chi connectivity index (χ0) is 22.1. The Kier molecular flexibility index (Phi) is 7.80. The van der Waals surface area contributed by atoms with Gasteiger partial charge in [-0.25, -0.2) is 14.4 Å². The van der Waals surface area contributed by atoms with Crippen molar-refractivity contribution >= 4 is 23.8 Å². The second-order valence-electron chi connectivity index (χ2n) is 7.62. The van der Waals surface area contributed by atoms with E-state index in [1.165, 1.54) is 0 Å². The van der Waals surface area contributed by atoms with E-state index in [0.717, 1.165) is 5.56 Å². The van der Waals surface area contributed by atoms with Crippen LogP contribution in [0.4, 0.5) is 15.3 Å². The summed E-state index contributed by atoms with van der Waals surface area (Å²) in [5.41, 5.74) is 1.36. The van der Waals surface area contributed by atoms with E-state index in [0.29, 0.717) is 11.3 Å². The summed E-state index contributed by atoms with van der Waals surface area (Å²) in [7, 11) is 0. The topological polar surface area (TPSA) is 114 Å². The number of carboxylic acid groups (broad SMARTS) is 1. The lowest BCUT2D eigenvalue weighted by Crippen LogP contribution is -2.42. The zero-order valence-corrected chi connectivity index (χ0v) is 17.2. The van der Waals surface area contributed by atoms with Crippen LogP contribution < -0.4 is 10.6 Å². The van der Waals surface area contributed by atoms with Gasteiger partial charge in [0.15, 0.2) is 0 Å². The van der Waals surface area contributed by atoms with E-state index >= 15 is 0 Å². The standard InChI is InChI=1S/C22H26N2O6/c1-22(2,3)30-21(28)23-17-11-9-15(10-12-17)13-18(19(25)26)24-20(27)29-14-16-7-5-4-6-8-16/h4-12,18H,13-14H2,1-3H3,(H,23,28)(H,24,27)(H,25,26)/t18-/m0/s1. The molecule has 0 aliphatic heterocycles. The van der Waals surface area contributed by atoms with Crippen LogP contribution in [0.1, 0.15) is 31.9 Å². The van der Waals surface area contributed by atoms with Crippen LogP contribution >= 0.6 is 0 Å². The van der Waals surface area contributed by atoms with Crippen LogP contribution in [-0.2, 0) is 27.3 Å². The molecule has 0 heterocycles. The molecule has 0 spiro atoms. The van der Waals surface area contributed by atoms with Gasteiger partial charge in [0.05, 0.1) is 0 Å². The lowest BCUT2D eigenvalue weighted by molar-refractivity contribution is -0.139. The number of nitrogens with one attached hydrogen (secondary N) is 2. The fourth-order valence-electron chi connectivity index (χ4n) is 2.49. The van der Waals surface area contributed by atoms with Gasteiger partial charge in [0.25, 0.3) is 0 Å². The van der Waals surface area contributed by atoms with Crippen molar-refractivity contribution in [3.8, 4) is 0 Å². The molecule has 0 radical (unpaired) electrons. The quantitative estimate of drug-likeness (QED) is 0.632. The predicted octanol–water partition coefficient (Wildman–Crippen LogP) is 3.96. The minimum Gasteiger partial charge on any atom is -0.480 e. The highest BCUT2D eigenvalue weighted by molar-refractivity contribution is 5.85. The third kappa shape index (κ3) is 8.22. The van der Waals surface area contributed by atoms with Gasteiger partial charge in [-0.2, -0.15) is 0 Å². The Balaban J connectivity index is 1.89. The summed E-state index contributed by atoms with van der Waals surface area (Å²) in [6.45, 7) is 5.34. The number of benzene rings is 2. The number of hydrogen-bond donors (Lipinski definition) is 3. The molecule has 0 unspecified atom stereocenters. The summed E-state index contributed by atoms with van der Waals surface area (Å²) in [6, 6.07) is 14.5. The number of carbonyl (C=O) groups excluding carboxylic acids is 2. The molecule has 0 saturated carbocycles. The van der Waals surface area contributed by atoms with Gasteiger partial charge >= 0.3 is 18.2 Å². The maximum Gasteiger partial charge on any atom is 0.412 e. The Morgan fingerprint density at radius 3 is 2.13 bits per heavy atom. The molecule has 0 aliphatic carbocycles. The second kappa shape index (κ2) is 10.3. The van der Waals surface area contributed by atoms with Gasteiger partial charge in [-0.15, -0.1) is 0 Å². The lowest BCUT2D eigenvalue weighted by atomic mass is 10.1. The molecular formula is C22H26N2O6. The number of rotatable bonds is 7.